The SMILES string of the molecule is Fc1ccccc1CN1CCCC1c1nc(-c2ccc(-n3ccnc3)nc2)no1. The van der Waals surface area contributed by atoms with Gasteiger partial charge in [-0.15, -0.1) is 0 Å². The van der Waals surface area contributed by atoms with Crippen LogP contribution in [0, 0.1) is 5.82 Å². The standard InChI is InChI=1S/C21H19FN6O/c22-17-5-2-1-4-16(17)13-27-10-3-6-18(27)21-25-20(26-29-21)15-7-8-19(24-12-15)28-11-9-23-14-28/h1-2,4-5,7-9,11-12,14,18H,3,6,10,13H2. The number of hydrogen-bond acceptors (Lipinski definition) is 6. The zero-order valence-electron chi connectivity index (χ0n) is 15.6. The number of aromatic nitrogens is 5. The molecule has 4 heterocycles. The monoisotopic (exact) mass is 390 g/mol. The highest BCUT2D eigenvalue weighted by Crippen LogP contribution is 2.33. The topological polar surface area (TPSA) is 72.9 Å². The van der Waals surface area contributed by atoms with E-state index in [1.54, 1.807) is 24.8 Å². The van der Waals surface area contributed by atoms with E-state index in [-0.39, 0.29) is 11.9 Å². The molecule has 1 aromatic carbocycles. The molecule has 0 aliphatic carbocycles. The van der Waals surface area contributed by atoms with Gasteiger partial charge in [0.05, 0.1) is 6.04 Å². The lowest BCUT2D eigenvalue weighted by Gasteiger charge is -2.21. The molecule has 1 aliphatic rings. The summed E-state index contributed by atoms with van der Waals surface area (Å²) >= 11 is 0. The molecule has 4 aromatic rings. The third-order valence-corrected chi connectivity index (χ3v) is 5.20. The maximum atomic E-state index is 14.0. The molecule has 1 fully saturated rings. The van der Waals surface area contributed by atoms with Crippen LogP contribution in [0.2, 0.25) is 0 Å². The largest absolute Gasteiger partial charge is 0.337 e. The van der Waals surface area contributed by atoms with E-state index in [2.05, 4.69) is 25.0 Å². The van der Waals surface area contributed by atoms with Crippen LogP contribution in [-0.2, 0) is 6.54 Å². The molecule has 0 N–H and O–H groups in total. The molecule has 7 nitrogen and oxygen atoms in total. The second-order valence-corrected chi connectivity index (χ2v) is 7.05. The Balaban J connectivity index is 1.34. The predicted octanol–water partition coefficient (Wildman–Crippen LogP) is 3.79. The van der Waals surface area contributed by atoms with Gasteiger partial charge in [-0.2, -0.15) is 4.98 Å². The molecule has 146 valence electrons. The Hall–Kier alpha value is -3.39. The molecule has 0 bridgehead atoms. The lowest BCUT2D eigenvalue weighted by molar-refractivity contribution is 0.199. The molecule has 0 radical (unpaired) electrons. The van der Waals surface area contributed by atoms with Crippen molar-refractivity contribution in [1.29, 1.82) is 0 Å². The van der Waals surface area contributed by atoms with Crippen LogP contribution in [0.15, 0.2) is 65.8 Å². The molecule has 8 heteroatoms. The van der Waals surface area contributed by atoms with Crippen molar-refractivity contribution in [1.82, 2.24) is 29.6 Å². The fraction of sp³-hybridized carbons (Fsp3) is 0.238. The van der Waals surface area contributed by atoms with Gasteiger partial charge in [-0.3, -0.25) is 9.47 Å². The summed E-state index contributed by atoms with van der Waals surface area (Å²) in [7, 11) is 0. The average Bonchev–Trinajstić information content (AvgIpc) is 3.51. The molecule has 0 saturated carbocycles. The maximum Gasteiger partial charge on any atom is 0.244 e. The Bertz CT molecular complexity index is 1090. The minimum absolute atomic E-state index is 0.00552. The van der Waals surface area contributed by atoms with Crippen LogP contribution in [0.25, 0.3) is 17.2 Å². The first-order chi connectivity index (χ1) is 14.3. The average molecular weight is 390 g/mol. The van der Waals surface area contributed by atoms with Gasteiger partial charge in [0.1, 0.15) is 18.0 Å². The molecule has 0 spiro atoms. The van der Waals surface area contributed by atoms with Crippen molar-refractivity contribution in [2.75, 3.05) is 6.54 Å². The minimum Gasteiger partial charge on any atom is -0.337 e. The molecular weight excluding hydrogens is 371 g/mol. The van der Waals surface area contributed by atoms with Gasteiger partial charge in [0.2, 0.25) is 11.7 Å². The van der Waals surface area contributed by atoms with E-state index in [9.17, 15) is 4.39 Å². The summed E-state index contributed by atoms with van der Waals surface area (Å²) in [4.78, 5) is 15.2. The fourth-order valence-corrected chi connectivity index (χ4v) is 3.69. The number of rotatable bonds is 5. The second kappa shape index (κ2) is 7.56. The molecule has 1 unspecified atom stereocenters. The maximum absolute atomic E-state index is 14.0. The summed E-state index contributed by atoms with van der Waals surface area (Å²) < 4.78 is 21.4. The van der Waals surface area contributed by atoms with Gasteiger partial charge in [-0.05, 0) is 37.6 Å². The van der Waals surface area contributed by atoms with E-state index in [1.807, 2.05) is 35.0 Å². The summed E-state index contributed by atoms with van der Waals surface area (Å²) in [5.41, 5.74) is 1.46. The van der Waals surface area contributed by atoms with Crippen molar-refractivity contribution in [3.63, 3.8) is 0 Å². The van der Waals surface area contributed by atoms with Gasteiger partial charge < -0.3 is 4.52 Å². The Morgan fingerprint density at radius 3 is 2.90 bits per heavy atom. The van der Waals surface area contributed by atoms with E-state index in [0.717, 1.165) is 30.8 Å². The summed E-state index contributed by atoms with van der Waals surface area (Å²) in [6.45, 7) is 1.40. The lowest BCUT2D eigenvalue weighted by atomic mass is 10.1. The number of imidazole rings is 1. The Labute approximate surface area is 166 Å². The number of likely N-dealkylation sites (tertiary alicyclic amines) is 1. The van der Waals surface area contributed by atoms with E-state index >= 15 is 0 Å². The van der Waals surface area contributed by atoms with Crippen molar-refractivity contribution >= 4 is 0 Å². The van der Waals surface area contributed by atoms with Crippen LogP contribution in [-0.4, -0.2) is 36.1 Å². The molecular formula is C21H19FN6O. The summed E-state index contributed by atoms with van der Waals surface area (Å²) in [6.07, 6.45) is 8.87. The molecule has 1 saturated heterocycles. The molecule has 3 aromatic heterocycles. The molecule has 29 heavy (non-hydrogen) atoms. The van der Waals surface area contributed by atoms with Crippen LogP contribution < -0.4 is 0 Å². The van der Waals surface area contributed by atoms with Gasteiger partial charge in [-0.1, -0.05) is 23.4 Å². The first kappa shape index (κ1) is 17.7. The number of benzene rings is 1. The second-order valence-electron chi connectivity index (χ2n) is 7.05. The lowest BCUT2D eigenvalue weighted by Crippen LogP contribution is -2.23. The Morgan fingerprint density at radius 2 is 2.10 bits per heavy atom. The molecule has 0 amide bonds. The smallest absolute Gasteiger partial charge is 0.244 e. The van der Waals surface area contributed by atoms with E-state index in [4.69, 9.17) is 4.52 Å². The van der Waals surface area contributed by atoms with Crippen LogP contribution in [0.4, 0.5) is 4.39 Å². The highest BCUT2D eigenvalue weighted by molar-refractivity contribution is 5.53. The first-order valence-corrected chi connectivity index (χ1v) is 9.54. The predicted molar refractivity (Wildman–Crippen MR) is 103 cm³/mol. The fourth-order valence-electron chi connectivity index (χ4n) is 3.69. The zero-order chi connectivity index (χ0) is 19.6. The van der Waals surface area contributed by atoms with E-state index in [0.29, 0.717) is 23.8 Å². The van der Waals surface area contributed by atoms with Crippen LogP contribution in [0.1, 0.15) is 30.3 Å². The Kier molecular flexibility index (Phi) is 4.61. The Morgan fingerprint density at radius 1 is 1.17 bits per heavy atom. The van der Waals surface area contributed by atoms with E-state index in [1.165, 1.54) is 6.07 Å². The summed E-state index contributed by atoms with van der Waals surface area (Å²) in [5, 5.41) is 4.14. The summed E-state index contributed by atoms with van der Waals surface area (Å²) in [5.74, 6) is 1.64. The highest BCUT2D eigenvalue weighted by Gasteiger charge is 2.31. The zero-order valence-corrected chi connectivity index (χ0v) is 15.6. The molecule has 5 rings (SSSR count). The van der Waals surface area contributed by atoms with Gasteiger partial charge >= 0.3 is 0 Å². The van der Waals surface area contributed by atoms with Gasteiger partial charge in [0.25, 0.3) is 0 Å². The van der Waals surface area contributed by atoms with Crippen molar-refractivity contribution in [3.8, 4) is 17.2 Å². The highest BCUT2D eigenvalue weighted by atomic mass is 19.1. The van der Waals surface area contributed by atoms with Crippen LogP contribution in [0.3, 0.4) is 0 Å². The molecule has 1 aliphatic heterocycles. The van der Waals surface area contributed by atoms with Gasteiger partial charge in [-0.25, -0.2) is 14.4 Å². The number of pyridine rings is 1. The first-order valence-electron chi connectivity index (χ1n) is 9.54. The third kappa shape index (κ3) is 3.54. The van der Waals surface area contributed by atoms with Gasteiger partial charge in [0, 0.05) is 36.3 Å². The van der Waals surface area contributed by atoms with Crippen molar-refractivity contribution in [2.45, 2.75) is 25.4 Å². The minimum atomic E-state index is -0.187. The van der Waals surface area contributed by atoms with Crippen molar-refractivity contribution in [3.05, 3.63) is 78.6 Å². The van der Waals surface area contributed by atoms with Gasteiger partial charge in [0.15, 0.2) is 0 Å². The quantitative estimate of drug-likeness (QED) is 0.516. The van der Waals surface area contributed by atoms with Crippen LogP contribution >= 0.6 is 0 Å². The normalized spacial score (nSPS) is 17.1. The van der Waals surface area contributed by atoms with Crippen molar-refractivity contribution in [2.24, 2.45) is 0 Å². The van der Waals surface area contributed by atoms with E-state index < -0.39 is 0 Å². The van der Waals surface area contributed by atoms with Crippen LogP contribution in [0.5, 0.6) is 0 Å². The summed E-state index contributed by atoms with van der Waals surface area (Å²) in [6, 6.07) is 10.7. The van der Waals surface area contributed by atoms with Crippen molar-refractivity contribution < 1.29 is 8.91 Å². The number of nitrogens with zero attached hydrogens (tertiary/aromatic N) is 6. The third-order valence-electron chi connectivity index (χ3n) is 5.20. The number of hydrogen-bond donors (Lipinski definition) is 0. The molecule has 1 atom stereocenters. The number of halogens is 1.